The quantitative estimate of drug-likeness (QED) is 0.751. The minimum Gasteiger partial charge on any atom is -0.395 e. The summed E-state index contributed by atoms with van der Waals surface area (Å²) in [6.45, 7) is 14.4. The number of hydrogen-bond acceptors (Lipinski definition) is 4. The highest BCUT2D eigenvalue weighted by Crippen LogP contribution is 2.15. The molecule has 4 heteroatoms. The normalized spacial score (nSPS) is 11.4. The van der Waals surface area contributed by atoms with Crippen molar-refractivity contribution in [3.8, 4) is 0 Å². The van der Waals surface area contributed by atoms with Gasteiger partial charge in [0.25, 0.3) is 0 Å². The highest BCUT2D eigenvalue weighted by atomic mass is 16.3. The number of hydrogen-bond donors (Lipinski definition) is 2. The van der Waals surface area contributed by atoms with Gasteiger partial charge in [0.05, 0.1) is 6.61 Å². The fourth-order valence-corrected chi connectivity index (χ4v) is 1.88. The van der Waals surface area contributed by atoms with Crippen molar-refractivity contribution in [3.63, 3.8) is 0 Å². The summed E-state index contributed by atoms with van der Waals surface area (Å²) in [4.78, 5) is 6.65. The minimum absolute atomic E-state index is 0.0941. The van der Waals surface area contributed by atoms with Gasteiger partial charge >= 0.3 is 0 Å². The molecule has 0 saturated carbocycles. The largest absolute Gasteiger partial charge is 0.395 e. The fourth-order valence-electron chi connectivity index (χ4n) is 1.88. The average molecular weight is 277 g/mol. The van der Waals surface area contributed by atoms with Crippen LogP contribution in [0.1, 0.15) is 32.0 Å². The first-order chi connectivity index (χ1) is 9.37. The van der Waals surface area contributed by atoms with Gasteiger partial charge in [-0.2, -0.15) is 0 Å². The average Bonchev–Trinajstić information content (AvgIpc) is 2.36. The van der Waals surface area contributed by atoms with E-state index in [-0.39, 0.29) is 12.1 Å². The zero-order valence-electron chi connectivity index (χ0n) is 13.1. The van der Waals surface area contributed by atoms with Crippen molar-refractivity contribution in [2.24, 2.45) is 0 Å². The van der Waals surface area contributed by atoms with E-state index in [0.29, 0.717) is 13.1 Å². The van der Waals surface area contributed by atoms with Gasteiger partial charge in [-0.05, 0) is 39.3 Å². The fraction of sp³-hybridized carbons (Fsp3) is 0.562. The van der Waals surface area contributed by atoms with E-state index in [1.54, 1.807) is 0 Å². The Morgan fingerprint density at radius 2 is 2.10 bits per heavy atom. The van der Waals surface area contributed by atoms with E-state index < -0.39 is 0 Å². The SMILES string of the molecule is C=CCN(CCO)c1ccc(CNC(C)(C)C)c(C)n1. The molecule has 0 aromatic carbocycles. The molecule has 4 nitrogen and oxygen atoms in total. The Morgan fingerprint density at radius 1 is 1.40 bits per heavy atom. The molecule has 1 rings (SSSR count). The maximum Gasteiger partial charge on any atom is 0.129 e. The molecule has 0 bridgehead atoms. The van der Waals surface area contributed by atoms with Crippen molar-refractivity contribution in [1.29, 1.82) is 0 Å². The summed E-state index contributed by atoms with van der Waals surface area (Å²) >= 11 is 0. The highest BCUT2D eigenvalue weighted by Gasteiger charge is 2.11. The van der Waals surface area contributed by atoms with Crippen LogP contribution in [-0.2, 0) is 6.54 Å². The number of aliphatic hydroxyl groups excluding tert-OH is 1. The van der Waals surface area contributed by atoms with Gasteiger partial charge in [-0.3, -0.25) is 0 Å². The minimum atomic E-state index is 0.0941. The van der Waals surface area contributed by atoms with Crippen molar-refractivity contribution in [2.75, 3.05) is 24.6 Å². The van der Waals surface area contributed by atoms with Gasteiger partial charge in [0.2, 0.25) is 0 Å². The van der Waals surface area contributed by atoms with Gasteiger partial charge in [0.15, 0.2) is 0 Å². The molecule has 0 fully saturated rings. The lowest BCUT2D eigenvalue weighted by atomic mass is 10.1. The Hall–Kier alpha value is -1.39. The molecule has 0 spiro atoms. The Kier molecular flexibility index (Phi) is 6.17. The third-order valence-electron chi connectivity index (χ3n) is 3.03. The van der Waals surface area contributed by atoms with Crippen LogP contribution in [0.25, 0.3) is 0 Å². The topological polar surface area (TPSA) is 48.4 Å². The molecule has 112 valence electrons. The van der Waals surface area contributed by atoms with Gasteiger partial charge in [-0.15, -0.1) is 6.58 Å². The third kappa shape index (κ3) is 5.31. The molecule has 1 aromatic rings. The first kappa shape index (κ1) is 16.7. The Bertz CT molecular complexity index is 438. The van der Waals surface area contributed by atoms with Gasteiger partial charge in [-0.1, -0.05) is 12.1 Å². The van der Waals surface area contributed by atoms with Crippen LogP contribution in [0.15, 0.2) is 24.8 Å². The van der Waals surface area contributed by atoms with Crippen molar-refractivity contribution in [3.05, 3.63) is 36.0 Å². The smallest absolute Gasteiger partial charge is 0.129 e. The van der Waals surface area contributed by atoms with Crippen LogP contribution in [-0.4, -0.2) is 35.3 Å². The summed E-state index contributed by atoms with van der Waals surface area (Å²) in [5.41, 5.74) is 2.31. The van der Waals surface area contributed by atoms with E-state index in [2.05, 4.69) is 43.7 Å². The zero-order valence-corrected chi connectivity index (χ0v) is 13.1. The number of nitrogens with one attached hydrogen (secondary N) is 1. The predicted molar refractivity (Wildman–Crippen MR) is 85.1 cm³/mol. The maximum absolute atomic E-state index is 9.11. The summed E-state index contributed by atoms with van der Waals surface area (Å²) in [7, 11) is 0. The lowest BCUT2D eigenvalue weighted by Crippen LogP contribution is -2.35. The van der Waals surface area contributed by atoms with Crippen molar-refractivity contribution in [1.82, 2.24) is 10.3 Å². The number of rotatable bonds is 7. The molecule has 1 aromatic heterocycles. The van der Waals surface area contributed by atoms with Crippen LogP contribution >= 0.6 is 0 Å². The Labute approximate surface area is 122 Å². The second kappa shape index (κ2) is 7.41. The summed E-state index contributed by atoms with van der Waals surface area (Å²) in [5, 5.41) is 12.6. The molecule has 1 heterocycles. The first-order valence-corrected chi connectivity index (χ1v) is 7.05. The van der Waals surface area contributed by atoms with E-state index in [1.165, 1.54) is 5.56 Å². The third-order valence-corrected chi connectivity index (χ3v) is 3.03. The number of nitrogens with zero attached hydrogens (tertiary/aromatic N) is 2. The van der Waals surface area contributed by atoms with E-state index in [1.807, 2.05) is 24.0 Å². The van der Waals surface area contributed by atoms with Crippen LogP contribution in [0.5, 0.6) is 0 Å². The van der Waals surface area contributed by atoms with Crippen LogP contribution in [0.2, 0.25) is 0 Å². The second-order valence-electron chi connectivity index (χ2n) is 5.98. The monoisotopic (exact) mass is 277 g/mol. The maximum atomic E-state index is 9.11. The molecule has 0 saturated heterocycles. The number of aryl methyl sites for hydroxylation is 1. The van der Waals surface area contributed by atoms with Gasteiger partial charge in [0.1, 0.15) is 5.82 Å². The van der Waals surface area contributed by atoms with Gasteiger partial charge < -0.3 is 15.3 Å². The summed E-state index contributed by atoms with van der Waals surface area (Å²) in [6, 6.07) is 4.11. The second-order valence-corrected chi connectivity index (χ2v) is 5.98. The van der Waals surface area contributed by atoms with Crippen molar-refractivity contribution >= 4 is 5.82 Å². The Balaban J connectivity index is 2.82. The van der Waals surface area contributed by atoms with Crippen LogP contribution in [0, 0.1) is 6.92 Å². The standard InChI is InChI=1S/C16H27N3O/c1-6-9-19(10-11-20)15-8-7-14(13(2)18-15)12-17-16(3,4)5/h6-8,17,20H,1,9-12H2,2-5H3. The molecule has 0 aliphatic heterocycles. The molecule has 0 atom stereocenters. The highest BCUT2D eigenvalue weighted by molar-refractivity contribution is 5.42. The predicted octanol–water partition coefficient (Wildman–Crippen LogP) is 2.26. The summed E-state index contributed by atoms with van der Waals surface area (Å²) in [6.07, 6.45) is 1.82. The summed E-state index contributed by atoms with van der Waals surface area (Å²) in [5.74, 6) is 0.885. The number of aliphatic hydroxyl groups is 1. The number of pyridine rings is 1. The van der Waals surface area contributed by atoms with Crippen molar-refractivity contribution in [2.45, 2.75) is 39.8 Å². The number of aromatic nitrogens is 1. The zero-order chi connectivity index (χ0) is 15.2. The van der Waals surface area contributed by atoms with E-state index >= 15 is 0 Å². The molecular weight excluding hydrogens is 250 g/mol. The molecular formula is C16H27N3O. The first-order valence-electron chi connectivity index (χ1n) is 7.05. The molecule has 0 unspecified atom stereocenters. The lowest BCUT2D eigenvalue weighted by molar-refractivity contribution is 0.302. The molecule has 0 aliphatic rings. The van der Waals surface area contributed by atoms with E-state index in [9.17, 15) is 0 Å². The van der Waals surface area contributed by atoms with Gasteiger partial charge in [0, 0.05) is 30.9 Å². The van der Waals surface area contributed by atoms with E-state index in [4.69, 9.17) is 5.11 Å². The van der Waals surface area contributed by atoms with E-state index in [0.717, 1.165) is 18.1 Å². The lowest BCUT2D eigenvalue weighted by Gasteiger charge is -2.23. The summed E-state index contributed by atoms with van der Waals surface area (Å²) < 4.78 is 0. The molecule has 20 heavy (non-hydrogen) atoms. The van der Waals surface area contributed by atoms with Crippen LogP contribution in [0.4, 0.5) is 5.82 Å². The van der Waals surface area contributed by atoms with Crippen LogP contribution < -0.4 is 10.2 Å². The molecule has 0 amide bonds. The number of anilines is 1. The Morgan fingerprint density at radius 3 is 2.60 bits per heavy atom. The van der Waals surface area contributed by atoms with Crippen LogP contribution in [0.3, 0.4) is 0 Å². The van der Waals surface area contributed by atoms with Crippen molar-refractivity contribution < 1.29 is 5.11 Å². The molecule has 0 aliphatic carbocycles. The molecule has 0 radical (unpaired) electrons. The molecule has 2 N–H and O–H groups in total. The van der Waals surface area contributed by atoms with Gasteiger partial charge in [-0.25, -0.2) is 4.98 Å².